The Morgan fingerprint density at radius 2 is 1.80 bits per heavy atom. The van der Waals surface area contributed by atoms with Crippen LogP contribution >= 0.6 is 23.6 Å². The predicted molar refractivity (Wildman–Crippen MR) is 123 cm³/mol. The van der Waals surface area contributed by atoms with Crippen LogP contribution in [0.15, 0.2) is 36.4 Å². The molecule has 0 unspecified atom stereocenters. The van der Waals surface area contributed by atoms with Gasteiger partial charge in [0.25, 0.3) is 0 Å². The first kappa shape index (κ1) is 22.2. The fourth-order valence-electron chi connectivity index (χ4n) is 3.34. The summed E-state index contributed by atoms with van der Waals surface area (Å²) >= 11 is 7.07. The highest BCUT2D eigenvalue weighted by atomic mass is 32.1. The second kappa shape index (κ2) is 10.5. The van der Waals surface area contributed by atoms with Crippen LogP contribution in [0.1, 0.15) is 37.0 Å². The molecule has 0 saturated carbocycles. The number of rotatable bonds is 6. The van der Waals surface area contributed by atoms with Crippen LogP contribution in [-0.2, 0) is 14.3 Å². The van der Waals surface area contributed by atoms with E-state index < -0.39 is 0 Å². The lowest BCUT2D eigenvalue weighted by atomic mass is 9.97. The van der Waals surface area contributed by atoms with Gasteiger partial charge in [0.15, 0.2) is 5.11 Å². The second-order valence-electron chi connectivity index (χ2n) is 6.88. The van der Waals surface area contributed by atoms with Gasteiger partial charge in [-0.05, 0) is 50.5 Å². The summed E-state index contributed by atoms with van der Waals surface area (Å²) < 4.78 is 10.4. The maximum absolute atomic E-state index is 12.5. The van der Waals surface area contributed by atoms with Gasteiger partial charge in [-0.2, -0.15) is 0 Å². The van der Waals surface area contributed by atoms with Gasteiger partial charge in [0.05, 0.1) is 24.7 Å². The number of nitrogens with one attached hydrogen (secondary N) is 1. The van der Waals surface area contributed by atoms with Gasteiger partial charge in [-0.1, -0.05) is 30.3 Å². The zero-order valence-electron chi connectivity index (χ0n) is 17.2. The summed E-state index contributed by atoms with van der Waals surface area (Å²) in [5.41, 5.74) is 1.51. The number of benzene rings is 1. The molecule has 8 heteroatoms. The van der Waals surface area contributed by atoms with E-state index in [0.29, 0.717) is 54.8 Å². The molecule has 0 bridgehead atoms. The molecule has 160 valence electrons. The minimum absolute atomic E-state index is 0.0782. The number of thiophene rings is 1. The molecule has 1 aliphatic heterocycles. The molecule has 0 radical (unpaired) electrons. The summed E-state index contributed by atoms with van der Waals surface area (Å²) in [6.07, 6.45) is 1.40. The van der Waals surface area contributed by atoms with Crippen molar-refractivity contribution in [2.45, 2.75) is 26.7 Å². The Hall–Kier alpha value is -2.45. The first-order chi connectivity index (χ1) is 14.5. The number of esters is 2. The van der Waals surface area contributed by atoms with Crippen LogP contribution in [0.3, 0.4) is 0 Å². The van der Waals surface area contributed by atoms with Crippen LogP contribution in [0.25, 0.3) is 10.4 Å². The van der Waals surface area contributed by atoms with Crippen molar-refractivity contribution in [3.05, 3.63) is 42.0 Å². The van der Waals surface area contributed by atoms with Crippen LogP contribution in [-0.4, -0.2) is 48.3 Å². The van der Waals surface area contributed by atoms with E-state index in [1.165, 1.54) is 11.3 Å². The number of piperidine rings is 1. The second-order valence-corrected chi connectivity index (χ2v) is 8.32. The number of carbonyl (C=O) groups is 2. The topological polar surface area (TPSA) is 67.9 Å². The van der Waals surface area contributed by atoms with Gasteiger partial charge >= 0.3 is 11.9 Å². The Morgan fingerprint density at radius 1 is 1.13 bits per heavy atom. The molecule has 1 aliphatic rings. The third-order valence-electron chi connectivity index (χ3n) is 4.91. The van der Waals surface area contributed by atoms with E-state index >= 15 is 0 Å². The zero-order valence-corrected chi connectivity index (χ0v) is 18.8. The average Bonchev–Trinajstić information content (AvgIpc) is 3.18. The molecule has 6 nitrogen and oxygen atoms in total. The quantitative estimate of drug-likeness (QED) is 0.515. The fourth-order valence-corrected chi connectivity index (χ4v) is 4.74. The number of ether oxygens (including phenoxy) is 2. The third-order valence-corrected chi connectivity index (χ3v) is 6.37. The highest BCUT2D eigenvalue weighted by molar-refractivity contribution is 7.80. The van der Waals surface area contributed by atoms with E-state index in [2.05, 4.69) is 5.32 Å². The van der Waals surface area contributed by atoms with Crippen molar-refractivity contribution in [1.29, 1.82) is 0 Å². The Morgan fingerprint density at radius 3 is 2.43 bits per heavy atom. The van der Waals surface area contributed by atoms with Gasteiger partial charge in [0.2, 0.25) is 0 Å². The molecule has 30 heavy (non-hydrogen) atoms. The average molecular weight is 447 g/mol. The minimum atomic E-state index is -0.373. The Labute approximate surface area is 186 Å². The van der Waals surface area contributed by atoms with Crippen LogP contribution < -0.4 is 5.32 Å². The first-order valence-electron chi connectivity index (χ1n) is 10.1. The molecular formula is C22H26N2O4S2. The molecule has 0 aliphatic carbocycles. The summed E-state index contributed by atoms with van der Waals surface area (Å²) in [4.78, 5) is 27.4. The Bertz CT molecular complexity index is 890. The largest absolute Gasteiger partial charge is 0.466 e. The molecule has 1 aromatic carbocycles. The smallest absolute Gasteiger partial charge is 0.341 e. The molecule has 2 aromatic rings. The number of nitrogens with zero attached hydrogens (tertiary/aromatic N) is 1. The maximum Gasteiger partial charge on any atom is 0.341 e. The maximum atomic E-state index is 12.5. The molecule has 1 N–H and O–H groups in total. The number of thiocarbonyl (C=S) groups is 1. The summed E-state index contributed by atoms with van der Waals surface area (Å²) in [5, 5.41) is 4.45. The number of hydrogen-bond acceptors (Lipinski definition) is 6. The van der Waals surface area contributed by atoms with E-state index in [1.807, 2.05) is 48.2 Å². The van der Waals surface area contributed by atoms with Crippen molar-refractivity contribution in [2.24, 2.45) is 5.92 Å². The lowest BCUT2D eigenvalue weighted by molar-refractivity contribution is -0.149. The van der Waals surface area contributed by atoms with E-state index in [0.717, 1.165) is 10.4 Å². The molecule has 0 amide bonds. The number of carbonyl (C=O) groups excluding carboxylic acids is 2. The Balaban J connectivity index is 1.72. The van der Waals surface area contributed by atoms with Crippen molar-refractivity contribution in [1.82, 2.24) is 4.90 Å². The van der Waals surface area contributed by atoms with Gasteiger partial charge in [-0.15, -0.1) is 11.3 Å². The molecular weight excluding hydrogens is 420 g/mol. The van der Waals surface area contributed by atoms with Gasteiger partial charge in [0.1, 0.15) is 5.00 Å². The van der Waals surface area contributed by atoms with E-state index in [4.69, 9.17) is 21.7 Å². The van der Waals surface area contributed by atoms with E-state index in [-0.39, 0.29) is 17.9 Å². The summed E-state index contributed by atoms with van der Waals surface area (Å²) in [5.74, 6) is -0.584. The molecule has 2 heterocycles. The highest BCUT2D eigenvalue weighted by Crippen LogP contribution is 2.36. The fraction of sp³-hybridized carbons (Fsp3) is 0.409. The van der Waals surface area contributed by atoms with Gasteiger partial charge in [0, 0.05) is 18.0 Å². The van der Waals surface area contributed by atoms with Gasteiger partial charge in [-0.25, -0.2) is 4.79 Å². The van der Waals surface area contributed by atoms with Crippen molar-refractivity contribution in [2.75, 3.05) is 31.6 Å². The van der Waals surface area contributed by atoms with Crippen LogP contribution in [0, 0.1) is 5.92 Å². The lowest BCUT2D eigenvalue weighted by Gasteiger charge is -2.32. The SMILES string of the molecule is CCOC(=O)c1cc(-c2ccccc2)sc1NC(=S)N1CCC(C(=O)OCC)CC1. The Kier molecular flexibility index (Phi) is 7.81. The summed E-state index contributed by atoms with van der Waals surface area (Å²) in [6.45, 7) is 5.64. The van der Waals surface area contributed by atoms with Gasteiger partial charge in [-0.3, -0.25) is 4.79 Å². The first-order valence-corrected chi connectivity index (χ1v) is 11.3. The summed E-state index contributed by atoms with van der Waals surface area (Å²) in [7, 11) is 0. The molecule has 1 saturated heterocycles. The van der Waals surface area contributed by atoms with Gasteiger partial charge < -0.3 is 19.7 Å². The van der Waals surface area contributed by atoms with Crippen LogP contribution in [0.2, 0.25) is 0 Å². The molecule has 1 fully saturated rings. The predicted octanol–water partition coefficient (Wildman–Crippen LogP) is 4.56. The monoisotopic (exact) mass is 446 g/mol. The van der Waals surface area contributed by atoms with Crippen molar-refractivity contribution >= 4 is 45.6 Å². The van der Waals surface area contributed by atoms with Crippen LogP contribution in [0.4, 0.5) is 5.00 Å². The summed E-state index contributed by atoms with van der Waals surface area (Å²) in [6, 6.07) is 11.7. The van der Waals surface area contributed by atoms with Crippen molar-refractivity contribution in [3.63, 3.8) is 0 Å². The number of anilines is 1. The number of hydrogen-bond donors (Lipinski definition) is 1. The molecule has 3 rings (SSSR count). The molecule has 1 aromatic heterocycles. The normalized spacial score (nSPS) is 14.3. The molecule has 0 spiro atoms. The minimum Gasteiger partial charge on any atom is -0.466 e. The van der Waals surface area contributed by atoms with E-state index in [1.54, 1.807) is 6.92 Å². The number of likely N-dealkylation sites (tertiary alicyclic amines) is 1. The van der Waals surface area contributed by atoms with Crippen molar-refractivity contribution in [3.8, 4) is 10.4 Å². The third kappa shape index (κ3) is 5.37. The van der Waals surface area contributed by atoms with E-state index in [9.17, 15) is 9.59 Å². The zero-order chi connectivity index (χ0) is 21.5. The lowest BCUT2D eigenvalue weighted by Crippen LogP contribution is -2.42. The standard InChI is InChI=1S/C22H26N2O4S2/c1-3-27-20(25)16-10-12-24(13-11-16)22(29)23-19-17(21(26)28-4-2)14-18(30-19)15-8-6-5-7-9-15/h5-9,14,16H,3-4,10-13H2,1-2H3,(H,23,29). The highest BCUT2D eigenvalue weighted by Gasteiger charge is 2.28. The van der Waals surface area contributed by atoms with Crippen molar-refractivity contribution < 1.29 is 19.1 Å². The van der Waals surface area contributed by atoms with Crippen LogP contribution in [0.5, 0.6) is 0 Å². The molecule has 0 atom stereocenters.